The average molecular weight is 461 g/mol. The first-order valence-electron chi connectivity index (χ1n) is 10.5. The van der Waals surface area contributed by atoms with Gasteiger partial charge in [-0.05, 0) is 25.3 Å². The number of nitrogens with one attached hydrogen (secondary N) is 1. The van der Waals surface area contributed by atoms with Crippen molar-refractivity contribution in [3.63, 3.8) is 0 Å². The van der Waals surface area contributed by atoms with E-state index in [-0.39, 0.29) is 30.2 Å². The van der Waals surface area contributed by atoms with E-state index < -0.39 is 5.41 Å². The van der Waals surface area contributed by atoms with E-state index in [0.29, 0.717) is 35.3 Å². The lowest BCUT2D eigenvalue weighted by Gasteiger charge is -2.22. The summed E-state index contributed by atoms with van der Waals surface area (Å²) < 4.78 is 18.2. The molecule has 2 heterocycles. The molecule has 32 heavy (non-hydrogen) atoms. The van der Waals surface area contributed by atoms with Crippen LogP contribution in [0.25, 0.3) is 0 Å². The predicted molar refractivity (Wildman–Crippen MR) is 125 cm³/mol. The molecular formula is C23H32N4O4S. The lowest BCUT2D eigenvalue weighted by Crippen LogP contribution is -2.35. The first-order chi connectivity index (χ1) is 15.2. The van der Waals surface area contributed by atoms with E-state index in [1.54, 1.807) is 14.2 Å². The molecule has 1 fully saturated rings. The van der Waals surface area contributed by atoms with E-state index in [9.17, 15) is 4.79 Å². The van der Waals surface area contributed by atoms with Gasteiger partial charge in [-0.15, -0.1) is 0 Å². The zero-order chi connectivity index (χ0) is 23.5. The third kappa shape index (κ3) is 5.00. The van der Waals surface area contributed by atoms with Gasteiger partial charge in [-0.1, -0.05) is 43.0 Å². The highest BCUT2D eigenvalue weighted by molar-refractivity contribution is 7.98. The number of thioether (sulfide) groups is 1. The Labute approximate surface area is 193 Å². The van der Waals surface area contributed by atoms with Crippen LogP contribution in [0.5, 0.6) is 5.75 Å². The van der Waals surface area contributed by atoms with Crippen LogP contribution in [0.1, 0.15) is 48.3 Å². The number of ether oxygens (including phenoxy) is 3. The number of carbonyl (C=O) groups is 1. The van der Waals surface area contributed by atoms with Crippen molar-refractivity contribution in [2.24, 2.45) is 17.1 Å². The highest BCUT2D eigenvalue weighted by Crippen LogP contribution is 2.42. The largest absolute Gasteiger partial charge is 0.492 e. The highest BCUT2D eigenvalue weighted by Gasteiger charge is 2.38. The summed E-state index contributed by atoms with van der Waals surface area (Å²) in [6.07, 6.45) is 0. The zero-order valence-corrected chi connectivity index (χ0v) is 20.1. The van der Waals surface area contributed by atoms with Crippen molar-refractivity contribution >= 4 is 23.5 Å². The summed E-state index contributed by atoms with van der Waals surface area (Å²) in [5.41, 5.74) is 7.27. The van der Waals surface area contributed by atoms with Crippen molar-refractivity contribution in [2.75, 3.05) is 34.0 Å². The quantitative estimate of drug-likeness (QED) is 0.334. The minimum absolute atomic E-state index is 0.0347. The summed E-state index contributed by atoms with van der Waals surface area (Å²) in [6, 6.07) is 7.51. The number of carbonyl (C=O) groups excluding carboxylic acids is 1. The van der Waals surface area contributed by atoms with Crippen molar-refractivity contribution in [2.45, 2.75) is 37.5 Å². The van der Waals surface area contributed by atoms with Gasteiger partial charge < -0.3 is 19.9 Å². The predicted octanol–water partition coefficient (Wildman–Crippen LogP) is 3.53. The third-order valence-corrected chi connectivity index (χ3v) is 6.77. The van der Waals surface area contributed by atoms with Crippen LogP contribution in [0, 0.1) is 16.7 Å². The third-order valence-electron chi connectivity index (χ3n) is 5.66. The molecule has 9 heteroatoms. The van der Waals surface area contributed by atoms with Crippen molar-refractivity contribution in [3.05, 3.63) is 41.1 Å². The number of nitrogens with zero attached hydrogens (tertiary/aromatic N) is 2. The number of hydrogen-bond donors (Lipinski definition) is 2. The van der Waals surface area contributed by atoms with Gasteiger partial charge in [-0.3, -0.25) is 10.2 Å². The van der Waals surface area contributed by atoms with E-state index in [1.807, 2.05) is 38.1 Å². The van der Waals surface area contributed by atoms with Gasteiger partial charge in [0.25, 0.3) is 5.91 Å². The van der Waals surface area contributed by atoms with Crippen LogP contribution in [0.15, 0.2) is 29.3 Å². The van der Waals surface area contributed by atoms with Crippen LogP contribution in [0.2, 0.25) is 0 Å². The van der Waals surface area contributed by atoms with Crippen LogP contribution in [-0.4, -0.2) is 55.6 Å². The van der Waals surface area contributed by atoms with Crippen molar-refractivity contribution in [1.82, 2.24) is 9.78 Å². The molecule has 1 saturated heterocycles. The lowest BCUT2D eigenvalue weighted by molar-refractivity contribution is 0.0513. The number of hydrogen-bond acceptors (Lipinski definition) is 7. The highest BCUT2D eigenvalue weighted by atomic mass is 32.2. The molecule has 0 saturated carbocycles. The number of methoxy groups -OCH3 is 2. The number of nitrogens with two attached hydrogens (primary N) is 1. The molecule has 0 bridgehead atoms. The van der Waals surface area contributed by atoms with Crippen molar-refractivity contribution in [3.8, 4) is 5.75 Å². The number of aromatic nitrogens is 2. The second kappa shape index (κ2) is 10.1. The molecular weight excluding hydrogens is 428 g/mol. The molecule has 0 amide bonds. The Hall–Kier alpha value is -2.36. The SMILES string of the molecule is COCC(C)(C)C(=O)n1nc(C2COCC2C)c(OC)c1SCc1ccc(C(=N)N)cc1. The maximum absolute atomic E-state index is 13.5. The molecule has 2 unspecified atom stereocenters. The number of nitrogen functional groups attached to an aromatic ring is 1. The van der Waals surface area contributed by atoms with E-state index in [2.05, 4.69) is 6.92 Å². The Morgan fingerprint density at radius 1 is 1.31 bits per heavy atom. The molecule has 2 atom stereocenters. The summed E-state index contributed by atoms with van der Waals surface area (Å²) in [5, 5.41) is 13.0. The molecule has 1 aromatic carbocycles. The molecule has 3 N–H and O–H groups in total. The Balaban J connectivity index is 1.98. The molecule has 1 aliphatic rings. The van der Waals surface area contributed by atoms with Gasteiger partial charge in [0.2, 0.25) is 0 Å². The monoisotopic (exact) mass is 460 g/mol. The van der Waals surface area contributed by atoms with Crippen LogP contribution in [0.3, 0.4) is 0 Å². The number of benzene rings is 1. The van der Waals surface area contributed by atoms with Crippen LogP contribution < -0.4 is 10.5 Å². The average Bonchev–Trinajstić information content (AvgIpc) is 3.34. The second-order valence-electron chi connectivity index (χ2n) is 8.78. The maximum Gasteiger partial charge on any atom is 0.256 e. The molecule has 0 spiro atoms. The fraction of sp³-hybridized carbons (Fsp3) is 0.522. The molecule has 1 aromatic heterocycles. The summed E-state index contributed by atoms with van der Waals surface area (Å²) in [4.78, 5) is 13.5. The molecule has 174 valence electrons. The molecule has 2 aromatic rings. The second-order valence-corrected chi connectivity index (χ2v) is 9.74. The summed E-state index contributed by atoms with van der Waals surface area (Å²) in [7, 11) is 3.20. The lowest BCUT2D eigenvalue weighted by atomic mass is 9.94. The van der Waals surface area contributed by atoms with E-state index in [0.717, 1.165) is 11.3 Å². The first kappa shape index (κ1) is 24.3. The summed E-state index contributed by atoms with van der Waals surface area (Å²) in [6.45, 7) is 7.32. The van der Waals surface area contributed by atoms with Gasteiger partial charge >= 0.3 is 0 Å². The Kier molecular flexibility index (Phi) is 7.63. The summed E-state index contributed by atoms with van der Waals surface area (Å²) in [5.74, 6) is 1.47. The van der Waals surface area contributed by atoms with Gasteiger partial charge in [0, 0.05) is 31.0 Å². The zero-order valence-electron chi connectivity index (χ0n) is 19.3. The molecule has 0 aliphatic carbocycles. The maximum atomic E-state index is 13.5. The van der Waals surface area contributed by atoms with Crippen LogP contribution in [-0.2, 0) is 15.2 Å². The molecule has 3 rings (SSSR count). The van der Waals surface area contributed by atoms with E-state index >= 15 is 0 Å². The first-order valence-corrected chi connectivity index (χ1v) is 11.5. The number of amidine groups is 1. The minimum atomic E-state index is -0.751. The van der Waals surface area contributed by atoms with Gasteiger partial charge in [0.05, 0.1) is 25.7 Å². The topological polar surface area (TPSA) is 112 Å². The molecule has 0 radical (unpaired) electrons. The Morgan fingerprint density at radius 3 is 2.53 bits per heavy atom. The smallest absolute Gasteiger partial charge is 0.256 e. The van der Waals surface area contributed by atoms with Gasteiger partial charge in [0.15, 0.2) is 5.75 Å². The van der Waals surface area contributed by atoms with Gasteiger partial charge in [-0.25, -0.2) is 0 Å². The molecule has 8 nitrogen and oxygen atoms in total. The van der Waals surface area contributed by atoms with Gasteiger partial charge in [-0.2, -0.15) is 9.78 Å². The molecule has 1 aliphatic heterocycles. The van der Waals surface area contributed by atoms with Crippen LogP contribution >= 0.6 is 11.8 Å². The summed E-state index contributed by atoms with van der Waals surface area (Å²) >= 11 is 1.50. The van der Waals surface area contributed by atoms with Gasteiger partial charge in [0.1, 0.15) is 16.6 Å². The Bertz CT molecular complexity index is 971. The van der Waals surface area contributed by atoms with E-state index in [4.69, 9.17) is 30.5 Å². The fourth-order valence-electron chi connectivity index (χ4n) is 3.75. The van der Waals surface area contributed by atoms with Crippen molar-refractivity contribution < 1.29 is 19.0 Å². The Morgan fingerprint density at radius 2 is 2.00 bits per heavy atom. The fourth-order valence-corrected chi connectivity index (χ4v) is 4.82. The van der Waals surface area contributed by atoms with E-state index in [1.165, 1.54) is 16.4 Å². The normalized spacial score (nSPS) is 18.7. The minimum Gasteiger partial charge on any atom is -0.492 e. The van der Waals surface area contributed by atoms with Crippen LogP contribution in [0.4, 0.5) is 0 Å². The number of rotatable bonds is 9. The van der Waals surface area contributed by atoms with Crippen molar-refractivity contribution in [1.29, 1.82) is 5.41 Å². The standard InChI is InChI=1S/C23H32N4O4S/c1-14-10-31-11-17(14)18-19(30-5)21(27(26-18)22(28)23(2,3)13-29-4)32-12-15-6-8-16(9-7-15)20(24)25/h6-9,14,17H,10-13H2,1-5H3,(H3,24,25).